The van der Waals surface area contributed by atoms with Crippen LogP contribution in [-0.2, 0) is 4.79 Å². The molecule has 114 valence electrons. The first-order valence-corrected chi connectivity index (χ1v) is 6.21. The Kier molecular flexibility index (Phi) is 6.37. The van der Waals surface area contributed by atoms with Crippen LogP contribution in [0.15, 0.2) is 0 Å². The van der Waals surface area contributed by atoms with E-state index in [9.17, 15) is 4.79 Å². The van der Waals surface area contributed by atoms with Crippen molar-refractivity contribution in [1.29, 1.82) is 0 Å². The highest BCUT2D eigenvalue weighted by molar-refractivity contribution is 5.86. The number of amides is 1. The Morgan fingerprint density at radius 3 is 1.79 bits per heavy atom. The average Bonchev–Trinajstić information content (AvgIpc) is 2.33. The smallest absolute Gasteiger partial charge is 0.239 e. The van der Waals surface area contributed by atoms with Gasteiger partial charge in [-0.2, -0.15) is 0 Å². The molecule has 0 bridgehead atoms. The minimum atomic E-state index is -1.21. The Morgan fingerprint density at radius 1 is 1.16 bits per heavy atom. The van der Waals surface area contributed by atoms with Crippen LogP contribution in [0.25, 0.3) is 0 Å². The molecule has 1 aliphatic heterocycles. The van der Waals surface area contributed by atoms with Gasteiger partial charge in [-0.3, -0.25) is 10.1 Å². The van der Waals surface area contributed by atoms with E-state index >= 15 is 0 Å². The van der Waals surface area contributed by atoms with E-state index in [1.54, 1.807) is 0 Å². The van der Waals surface area contributed by atoms with Crippen LogP contribution in [0.5, 0.6) is 0 Å². The lowest BCUT2D eigenvalue weighted by atomic mass is 9.92. The summed E-state index contributed by atoms with van der Waals surface area (Å²) in [5.41, 5.74) is 3.52. The molecule has 19 heavy (non-hydrogen) atoms. The number of hydrogen-bond donors (Lipinski definition) is 6. The normalized spacial score (nSPS) is 21.2. The molecule has 7 heteroatoms. The molecule has 7 nitrogen and oxygen atoms in total. The van der Waals surface area contributed by atoms with E-state index in [4.69, 9.17) is 21.1 Å². The van der Waals surface area contributed by atoms with Gasteiger partial charge in [-0.05, 0) is 27.7 Å². The monoisotopic (exact) mass is 277 g/mol. The molecule has 1 amide bonds. The second kappa shape index (κ2) is 6.62. The molecule has 1 fully saturated rings. The summed E-state index contributed by atoms with van der Waals surface area (Å²) >= 11 is 0. The van der Waals surface area contributed by atoms with E-state index in [1.165, 1.54) is 0 Å². The molecule has 1 saturated heterocycles. The van der Waals surface area contributed by atoms with Gasteiger partial charge < -0.3 is 26.4 Å². The minimum Gasteiger partial charge on any atom is -0.394 e. The predicted molar refractivity (Wildman–Crippen MR) is 72.5 cm³/mol. The lowest BCUT2D eigenvalue weighted by Crippen LogP contribution is -2.68. The second-order valence-corrected chi connectivity index (χ2v) is 6.15. The standard InChI is InChI=1S/C8H16N2O.C4H11NO3/c1-7(2)5-9-6(11)8(3,4)10-7;5-4(1-6,2-7)3-8/h10H,5H2,1-4H3,(H,9,11);6-8H,1-3,5H2. The zero-order valence-electron chi connectivity index (χ0n) is 12.2. The number of carbonyl (C=O) groups excluding carboxylic acids is 1. The van der Waals surface area contributed by atoms with Crippen molar-refractivity contribution < 1.29 is 20.1 Å². The van der Waals surface area contributed by atoms with Gasteiger partial charge in [0.25, 0.3) is 0 Å². The number of nitrogens with two attached hydrogens (primary N) is 1. The minimum absolute atomic E-state index is 0.0113. The molecule has 0 aromatic rings. The van der Waals surface area contributed by atoms with Crippen molar-refractivity contribution >= 4 is 5.91 Å². The average molecular weight is 277 g/mol. The fourth-order valence-electron chi connectivity index (χ4n) is 1.62. The second-order valence-electron chi connectivity index (χ2n) is 6.15. The van der Waals surface area contributed by atoms with Gasteiger partial charge in [0.1, 0.15) is 0 Å². The van der Waals surface area contributed by atoms with Crippen LogP contribution < -0.4 is 16.4 Å². The third-order valence-corrected chi connectivity index (χ3v) is 2.85. The van der Waals surface area contributed by atoms with Gasteiger partial charge in [-0.1, -0.05) is 0 Å². The van der Waals surface area contributed by atoms with Crippen LogP contribution in [0, 0.1) is 0 Å². The van der Waals surface area contributed by atoms with E-state index in [1.807, 2.05) is 13.8 Å². The number of rotatable bonds is 3. The van der Waals surface area contributed by atoms with Gasteiger partial charge in [-0.25, -0.2) is 0 Å². The van der Waals surface area contributed by atoms with Crippen LogP contribution in [0.2, 0.25) is 0 Å². The van der Waals surface area contributed by atoms with Crippen LogP contribution in [0.4, 0.5) is 0 Å². The van der Waals surface area contributed by atoms with Gasteiger partial charge in [0.15, 0.2) is 0 Å². The van der Waals surface area contributed by atoms with Crippen LogP contribution in [0.3, 0.4) is 0 Å². The lowest BCUT2D eigenvalue weighted by Gasteiger charge is -2.41. The third kappa shape index (κ3) is 5.84. The highest BCUT2D eigenvalue weighted by atomic mass is 16.3. The first-order chi connectivity index (χ1) is 8.52. The lowest BCUT2D eigenvalue weighted by molar-refractivity contribution is -0.129. The Bertz CT molecular complexity index is 293. The molecule has 1 heterocycles. The van der Waals surface area contributed by atoms with Crippen LogP contribution in [-0.4, -0.2) is 64.2 Å². The van der Waals surface area contributed by atoms with Crippen LogP contribution in [0.1, 0.15) is 27.7 Å². The largest absolute Gasteiger partial charge is 0.394 e. The SMILES string of the molecule is CC1(C)CNC(=O)C(C)(C)N1.NC(CO)(CO)CO. The van der Waals surface area contributed by atoms with Crippen molar-refractivity contribution in [1.82, 2.24) is 10.6 Å². The maximum absolute atomic E-state index is 11.2. The maximum Gasteiger partial charge on any atom is 0.239 e. The molecule has 1 rings (SSSR count). The number of aliphatic hydroxyl groups is 3. The van der Waals surface area contributed by atoms with Crippen LogP contribution >= 0.6 is 0 Å². The summed E-state index contributed by atoms with van der Waals surface area (Å²) < 4.78 is 0. The van der Waals surface area contributed by atoms with Gasteiger partial charge in [0, 0.05) is 12.1 Å². The van der Waals surface area contributed by atoms with E-state index < -0.39 is 30.9 Å². The molecule has 0 aromatic heterocycles. The Hall–Kier alpha value is -0.730. The van der Waals surface area contributed by atoms with Gasteiger partial charge in [0.2, 0.25) is 5.91 Å². The molecule has 0 aromatic carbocycles. The molecule has 0 saturated carbocycles. The number of nitrogens with one attached hydrogen (secondary N) is 2. The number of aliphatic hydroxyl groups excluding tert-OH is 3. The molecule has 0 unspecified atom stereocenters. The molecule has 0 radical (unpaired) electrons. The van der Waals surface area contributed by atoms with Crippen molar-refractivity contribution in [3.63, 3.8) is 0 Å². The van der Waals surface area contributed by atoms with E-state index in [-0.39, 0.29) is 11.4 Å². The molecule has 1 aliphatic rings. The number of carbonyl (C=O) groups is 1. The number of piperazine rings is 1. The Balaban J connectivity index is 0.000000362. The van der Waals surface area contributed by atoms with Crippen molar-refractivity contribution in [3.05, 3.63) is 0 Å². The van der Waals surface area contributed by atoms with E-state index in [0.717, 1.165) is 0 Å². The predicted octanol–water partition coefficient (Wildman–Crippen LogP) is -2.08. The highest BCUT2D eigenvalue weighted by Crippen LogP contribution is 2.15. The quantitative estimate of drug-likeness (QED) is 0.351. The van der Waals surface area contributed by atoms with Crippen molar-refractivity contribution in [2.24, 2.45) is 5.73 Å². The first kappa shape index (κ1) is 18.3. The topological polar surface area (TPSA) is 128 Å². The first-order valence-electron chi connectivity index (χ1n) is 6.21. The summed E-state index contributed by atoms with van der Waals surface area (Å²) in [4.78, 5) is 11.2. The van der Waals surface area contributed by atoms with Crippen molar-refractivity contribution in [3.8, 4) is 0 Å². The molecule has 0 spiro atoms. The highest BCUT2D eigenvalue weighted by Gasteiger charge is 2.38. The van der Waals surface area contributed by atoms with Gasteiger partial charge in [0.05, 0.1) is 30.9 Å². The Labute approximate surface area is 114 Å². The molecular formula is C12H27N3O4. The summed E-state index contributed by atoms with van der Waals surface area (Å²) in [6.45, 7) is 7.43. The summed E-state index contributed by atoms with van der Waals surface area (Å²) in [5, 5.41) is 31.2. The summed E-state index contributed by atoms with van der Waals surface area (Å²) in [7, 11) is 0. The third-order valence-electron chi connectivity index (χ3n) is 2.85. The molecule has 0 aliphatic carbocycles. The summed E-state index contributed by atoms with van der Waals surface area (Å²) in [5.74, 6) is 0.0804. The van der Waals surface area contributed by atoms with Gasteiger partial charge >= 0.3 is 0 Å². The van der Waals surface area contributed by atoms with Crippen molar-refractivity contribution in [2.45, 2.75) is 44.3 Å². The van der Waals surface area contributed by atoms with Crippen molar-refractivity contribution in [2.75, 3.05) is 26.4 Å². The van der Waals surface area contributed by atoms with E-state index in [0.29, 0.717) is 6.54 Å². The summed E-state index contributed by atoms with van der Waals surface area (Å²) in [6, 6.07) is 0. The fourth-order valence-corrected chi connectivity index (χ4v) is 1.62. The summed E-state index contributed by atoms with van der Waals surface area (Å²) in [6.07, 6.45) is 0. The zero-order valence-corrected chi connectivity index (χ0v) is 12.2. The molecule has 7 N–H and O–H groups in total. The van der Waals surface area contributed by atoms with E-state index in [2.05, 4.69) is 24.5 Å². The zero-order chi connectivity index (χ0) is 15.3. The van der Waals surface area contributed by atoms with Gasteiger partial charge in [-0.15, -0.1) is 0 Å². The molecule has 0 atom stereocenters. The Morgan fingerprint density at radius 2 is 1.58 bits per heavy atom. The number of hydrogen-bond acceptors (Lipinski definition) is 6. The molecular weight excluding hydrogens is 250 g/mol. The fraction of sp³-hybridized carbons (Fsp3) is 0.917. The maximum atomic E-state index is 11.2.